The van der Waals surface area contributed by atoms with Crippen LogP contribution in [0.3, 0.4) is 0 Å². The molecule has 0 aliphatic carbocycles. The van der Waals surface area contributed by atoms with E-state index in [1.54, 1.807) is 44.4 Å². The van der Waals surface area contributed by atoms with Crippen LogP contribution >= 0.6 is 0 Å². The molecule has 0 aromatic heterocycles. The first-order chi connectivity index (χ1) is 9.90. The number of aromatic hydroxyl groups is 1. The van der Waals surface area contributed by atoms with Crippen molar-refractivity contribution in [2.45, 2.75) is 0 Å². The van der Waals surface area contributed by atoms with Gasteiger partial charge in [-0.3, -0.25) is 4.79 Å². The highest BCUT2D eigenvalue weighted by Crippen LogP contribution is 2.30. The van der Waals surface area contributed by atoms with Gasteiger partial charge in [0, 0.05) is 25.2 Å². The molecule has 5 heteroatoms. The number of nitrogens with zero attached hydrogens (tertiary/aromatic N) is 1. The molecule has 0 heterocycles. The van der Waals surface area contributed by atoms with Crippen LogP contribution in [0.2, 0.25) is 0 Å². The molecule has 2 N–H and O–H groups in total. The molecule has 0 saturated carbocycles. The van der Waals surface area contributed by atoms with Gasteiger partial charge in [0.05, 0.1) is 5.56 Å². The molecular weight excluding hydrogens is 270 g/mol. The predicted molar refractivity (Wildman–Crippen MR) is 78.5 cm³/mol. The maximum atomic E-state index is 11.8. The zero-order valence-electron chi connectivity index (χ0n) is 11.7. The summed E-state index contributed by atoms with van der Waals surface area (Å²) in [6.07, 6.45) is 0. The molecule has 0 radical (unpaired) electrons. The molecule has 0 saturated heterocycles. The second kappa shape index (κ2) is 5.66. The summed E-state index contributed by atoms with van der Waals surface area (Å²) < 4.78 is 0. The smallest absolute Gasteiger partial charge is 0.335 e. The fraction of sp³-hybridized carbons (Fsp3) is 0.125. The summed E-state index contributed by atoms with van der Waals surface area (Å²) in [7, 11) is 3.35. The fourth-order valence-electron chi connectivity index (χ4n) is 1.96. The predicted octanol–water partition coefficient (Wildman–Crippen LogP) is 2.46. The number of carboxylic acids is 1. The van der Waals surface area contributed by atoms with Gasteiger partial charge in [-0.05, 0) is 35.9 Å². The summed E-state index contributed by atoms with van der Waals surface area (Å²) in [5.41, 5.74) is 1.80. The molecule has 0 fully saturated rings. The zero-order valence-corrected chi connectivity index (χ0v) is 11.7. The van der Waals surface area contributed by atoms with Gasteiger partial charge in [-0.25, -0.2) is 4.79 Å². The van der Waals surface area contributed by atoms with E-state index in [4.69, 9.17) is 5.11 Å². The van der Waals surface area contributed by atoms with Crippen molar-refractivity contribution in [1.82, 2.24) is 4.90 Å². The lowest BCUT2D eigenvalue weighted by atomic mass is 10.0. The van der Waals surface area contributed by atoms with Gasteiger partial charge in [-0.15, -0.1) is 0 Å². The topological polar surface area (TPSA) is 77.8 Å². The largest absolute Gasteiger partial charge is 0.507 e. The van der Waals surface area contributed by atoms with Gasteiger partial charge >= 0.3 is 5.97 Å². The Hall–Kier alpha value is -2.82. The lowest BCUT2D eigenvalue weighted by Crippen LogP contribution is -2.21. The van der Waals surface area contributed by atoms with Gasteiger partial charge in [0.15, 0.2) is 0 Å². The summed E-state index contributed by atoms with van der Waals surface area (Å²) in [5.74, 6) is -1.31. The Bertz CT molecular complexity index is 690. The number of benzene rings is 2. The number of carboxylic acid groups (broad SMARTS) is 1. The summed E-state index contributed by atoms with van der Waals surface area (Å²) in [6.45, 7) is 0. The van der Waals surface area contributed by atoms with E-state index in [1.807, 2.05) is 0 Å². The Morgan fingerprint density at radius 2 is 1.52 bits per heavy atom. The van der Waals surface area contributed by atoms with Crippen molar-refractivity contribution in [2.75, 3.05) is 14.1 Å². The third-order valence-corrected chi connectivity index (χ3v) is 3.09. The number of aromatic carboxylic acids is 1. The minimum absolute atomic E-state index is 0.0238. The molecule has 108 valence electrons. The SMILES string of the molecule is CN(C)C(=O)c1ccc(-c2ccc(C(=O)O)cc2O)cc1. The van der Waals surface area contributed by atoms with Crippen molar-refractivity contribution in [3.8, 4) is 16.9 Å². The monoisotopic (exact) mass is 285 g/mol. The van der Waals surface area contributed by atoms with Gasteiger partial charge in [0.25, 0.3) is 5.91 Å². The van der Waals surface area contributed by atoms with Crippen molar-refractivity contribution < 1.29 is 19.8 Å². The van der Waals surface area contributed by atoms with Gasteiger partial charge < -0.3 is 15.1 Å². The lowest BCUT2D eigenvalue weighted by Gasteiger charge is -2.11. The van der Waals surface area contributed by atoms with E-state index < -0.39 is 5.97 Å². The van der Waals surface area contributed by atoms with Gasteiger partial charge in [0.2, 0.25) is 0 Å². The molecule has 2 aromatic rings. The standard InChI is InChI=1S/C16H15NO4/c1-17(2)15(19)11-5-3-10(4-6-11)13-8-7-12(16(20)21)9-14(13)18/h3-9,18H,1-2H3,(H,20,21). The first kappa shape index (κ1) is 14.6. The van der Waals surface area contributed by atoms with Crippen LogP contribution in [0.25, 0.3) is 11.1 Å². The van der Waals surface area contributed by atoms with Crippen LogP contribution < -0.4 is 0 Å². The van der Waals surface area contributed by atoms with E-state index in [1.165, 1.54) is 17.0 Å². The minimum Gasteiger partial charge on any atom is -0.507 e. The number of amides is 1. The van der Waals surface area contributed by atoms with Crippen LogP contribution in [0.15, 0.2) is 42.5 Å². The summed E-state index contributed by atoms with van der Waals surface area (Å²) in [5, 5.41) is 18.8. The second-order valence-corrected chi connectivity index (χ2v) is 4.81. The molecule has 0 atom stereocenters. The molecule has 2 aromatic carbocycles. The zero-order chi connectivity index (χ0) is 15.6. The summed E-state index contributed by atoms with van der Waals surface area (Å²) in [4.78, 5) is 24.1. The van der Waals surface area contributed by atoms with Crippen molar-refractivity contribution in [1.29, 1.82) is 0 Å². The van der Waals surface area contributed by atoms with Crippen molar-refractivity contribution in [3.05, 3.63) is 53.6 Å². The Balaban J connectivity index is 2.35. The maximum absolute atomic E-state index is 11.8. The van der Waals surface area contributed by atoms with Crippen molar-refractivity contribution in [2.24, 2.45) is 0 Å². The number of hydrogen-bond donors (Lipinski definition) is 2. The van der Waals surface area contributed by atoms with Gasteiger partial charge in [-0.2, -0.15) is 0 Å². The number of phenolic OH excluding ortho intramolecular Hbond substituents is 1. The fourth-order valence-corrected chi connectivity index (χ4v) is 1.96. The highest BCUT2D eigenvalue weighted by molar-refractivity contribution is 5.94. The molecular formula is C16H15NO4. The summed E-state index contributed by atoms with van der Waals surface area (Å²) in [6, 6.07) is 10.9. The first-order valence-electron chi connectivity index (χ1n) is 6.28. The average molecular weight is 285 g/mol. The Morgan fingerprint density at radius 3 is 2.00 bits per heavy atom. The number of carbonyl (C=O) groups excluding carboxylic acids is 1. The van der Waals surface area contributed by atoms with Crippen LogP contribution in [-0.2, 0) is 0 Å². The molecule has 21 heavy (non-hydrogen) atoms. The second-order valence-electron chi connectivity index (χ2n) is 4.81. The first-order valence-corrected chi connectivity index (χ1v) is 6.28. The number of carbonyl (C=O) groups is 2. The van der Waals surface area contributed by atoms with Crippen LogP contribution in [-0.4, -0.2) is 41.1 Å². The van der Waals surface area contributed by atoms with Gasteiger partial charge in [0.1, 0.15) is 5.75 Å². The molecule has 0 aliphatic rings. The molecule has 1 amide bonds. The van der Waals surface area contributed by atoms with Crippen LogP contribution in [0.4, 0.5) is 0 Å². The highest BCUT2D eigenvalue weighted by Gasteiger charge is 2.11. The van der Waals surface area contributed by atoms with E-state index in [-0.39, 0.29) is 17.2 Å². The lowest BCUT2D eigenvalue weighted by molar-refractivity contribution is 0.0696. The van der Waals surface area contributed by atoms with Gasteiger partial charge in [-0.1, -0.05) is 12.1 Å². The van der Waals surface area contributed by atoms with Crippen LogP contribution in [0.5, 0.6) is 5.75 Å². The Kier molecular flexibility index (Phi) is 3.93. The van der Waals surface area contributed by atoms with E-state index in [0.29, 0.717) is 16.7 Å². The number of rotatable bonds is 3. The minimum atomic E-state index is -1.09. The molecule has 0 spiro atoms. The molecule has 5 nitrogen and oxygen atoms in total. The van der Waals surface area contributed by atoms with E-state index >= 15 is 0 Å². The quantitative estimate of drug-likeness (QED) is 0.908. The van der Waals surface area contributed by atoms with E-state index in [9.17, 15) is 14.7 Å². The Labute approximate surface area is 122 Å². The molecule has 0 aliphatic heterocycles. The third kappa shape index (κ3) is 3.02. The summed E-state index contributed by atoms with van der Waals surface area (Å²) >= 11 is 0. The normalized spacial score (nSPS) is 10.2. The maximum Gasteiger partial charge on any atom is 0.335 e. The average Bonchev–Trinajstić information content (AvgIpc) is 2.46. The molecule has 0 bridgehead atoms. The number of hydrogen-bond acceptors (Lipinski definition) is 3. The highest BCUT2D eigenvalue weighted by atomic mass is 16.4. The molecule has 0 unspecified atom stereocenters. The van der Waals surface area contributed by atoms with Crippen LogP contribution in [0.1, 0.15) is 20.7 Å². The third-order valence-electron chi connectivity index (χ3n) is 3.09. The van der Waals surface area contributed by atoms with E-state index in [2.05, 4.69) is 0 Å². The molecule has 2 rings (SSSR count). The van der Waals surface area contributed by atoms with Crippen LogP contribution in [0, 0.1) is 0 Å². The van der Waals surface area contributed by atoms with E-state index in [0.717, 1.165) is 0 Å². The number of phenols is 1. The Morgan fingerprint density at radius 1 is 0.952 bits per heavy atom. The van der Waals surface area contributed by atoms with Crippen molar-refractivity contribution >= 4 is 11.9 Å². The van der Waals surface area contributed by atoms with Crippen molar-refractivity contribution in [3.63, 3.8) is 0 Å².